The van der Waals surface area contributed by atoms with Crippen molar-refractivity contribution in [2.24, 2.45) is 11.8 Å². The van der Waals surface area contributed by atoms with E-state index in [1.54, 1.807) is 6.20 Å². The van der Waals surface area contributed by atoms with Gasteiger partial charge in [-0.2, -0.15) is 5.10 Å². The van der Waals surface area contributed by atoms with Crippen LogP contribution >= 0.6 is 0 Å². The molecule has 0 saturated heterocycles. The monoisotopic (exact) mass is 268 g/mol. The normalized spacial score (nSPS) is 28.6. The first-order valence-corrected chi connectivity index (χ1v) is 7.59. The summed E-state index contributed by atoms with van der Waals surface area (Å²) >= 11 is 0. The lowest BCUT2D eigenvalue weighted by Crippen LogP contribution is -2.10. The maximum Gasteiger partial charge on any atom is 0.0993 e. The van der Waals surface area contributed by atoms with Crippen molar-refractivity contribution in [2.45, 2.75) is 38.3 Å². The largest absolute Gasteiger partial charge is 0.386 e. The zero-order chi connectivity index (χ0) is 13.7. The van der Waals surface area contributed by atoms with Gasteiger partial charge in [0.15, 0.2) is 0 Å². The molecule has 1 aromatic carbocycles. The summed E-state index contributed by atoms with van der Waals surface area (Å²) in [5.41, 5.74) is 3.92. The predicted molar refractivity (Wildman–Crippen MR) is 77.3 cm³/mol. The van der Waals surface area contributed by atoms with Gasteiger partial charge in [0.05, 0.1) is 11.8 Å². The number of aromatic nitrogens is 2. The molecule has 0 spiro atoms. The molecule has 4 rings (SSSR count). The van der Waals surface area contributed by atoms with Crippen molar-refractivity contribution >= 4 is 0 Å². The van der Waals surface area contributed by atoms with Crippen molar-refractivity contribution < 1.29 is 5.11 Å². The fourth-order valence-electron chi connectivity index (χ4n) is 4.11. The average Bonchev–Trinajstić information content (AvgIpc) is 3.04. The molecule has 2 aliphatic carbocycles. The minimum absolute atomic E-state index is 0.376. The van der Waals surface area contributed by atoms with Crippen molar-refractivity contribution in [1.29, 1.82) is 0 Å². The van der Waals surface area contributed by atoms with Crippen molar-refractivity contribution in [3.63, 3.8) is 0 Å². The van der Waals surface area contributed by atoms with Gasteiger partial charge in [-0.05, 0) is 48.8 Å². The predicted octanol–water partition coefficient (Wildman–Crippen LogP) is 2.91. The molecule has 2 aromatic rings. The molecule has 0 bridgehead atoms. The second-order valence-corrected chi connectivity index (χ2v) is 6.02. The third-order valence-corrected chi connectivity index (χ3v) is 5.11. The number of aliphatic hydroxyl groups is 1. The molecule has 2 aliphatic rings. The fraction of sp³-hybridized carbons (Fsp3) is 0.471. The number of fused-ring (bicyclic) bond motifs is 3. The van der Waals surface area contributed by atoms with Crippen LogP contribution < -0.4 is 0 Å². The van der Waals surface area contributed by atoms with E-state index in [1.807, 2.05) is 10.7 Å². The van der Waals surface area contributed by atoms with Crippen LogP contribution in [0, 0.1) is 11.8 Å². The summed E-state index contributed by atoms with van der Waals surface area (Å²) in [4.78, 5) is 0. The number of benzene rings is 1. The van der Waals surface area contributed by atoms with Gasteiger partial charge in [0.2, 0.25) is 0 Å². The first-order chi connectivity index (χ1) is 9.81. The quantitative estimate of drug-likeness (QED) is 0.929. The maximum atomic E-state index is 10.8. The number of aliphatic hydroxyl groups excluding tert-OH is 1. The van der Waals surface area contributed by atoms with Crippen LogP contribution in [0.5, 0.6) is 0 Å². The van der Waals surface area contributed by atoms with Gasteiger partial charge in [-0.3, -0.25) is 4.68 Å². The molecule has 4 atom stereocenters. The molecule has 3 heteroatoms. The Morgan fingerprint density at radius 2 is 2.20 bits per heavy atom. The Bertz CT molecular complexity index is 633. The van der Waals surface area contributed by atoms with Crippen LogP contribution in [0.25, 0.3) is 0 Å². The summed E-state index contributed by atoms with van der Waals surface area (Å²) in [6.07, 6.45) is 3.79. The number of nitrogens with zero attached hydrogens (tertiary/aromatic N) is 2. The van der Waals surface area contributed by atoms with E-state index in [9.17, 15) is 5.11 Å². The van der Waals surface area contributed by atoms with Gasteiger partial charge in [-0.1, -0.05) is 24.3 Å². The highest BCUT2D eigenvalue weighted by molar-refractivity contribution is 5.40. The van der Waals surface area contributed by atoms with E-state index in [0.717, 1.165) is 18.7 Å². The minimum Gasteiger partial charge on any atom is -0.386 e. The van der Waals surface area contributed by atoms with E-state index >= 15 is 0 Å². The van der Waals surface area contributed by atoms with Crippen LogP contribution in [0.3, 0.4) is 0 Å². The summed E-state index contributed by atoms with van der Waals surface area (Å²) in [7, 11) is 0. The van der Waals surface area contributed by atoms with Gasteiger partial charge in [-0.25, -0.2) is 0 Å². The standard InChI is InChI=1S/C17H20N2O/c1-2-19-14(9-10-18-19)17(20)16-13-8-7-11-5-3-4-6-12(11)15(13)16/h3-6,9-10,13,15-17,20H,2,7-8H2,1H3. The van der Waals surface area contributed by atoms with Gasteiger partial charge in [0, 0.05) is 18.7 Å². The topological polar surface area (TPSA) is 38.0 Å². The van der Waals surface area contributed by atoms with Gasteiger partial charge in [0.1, 0.15) is 0 Å². The third-order valence-electron chi connectivity index (χ3n) is 5.11. The number of rotatable bonds is 3. The van der Waals surface area contributed by atoms with E-state index in [4.69, 9.17) is 0 Å². The van der Waals surface area contributed by atoms with E-state index < -0.39 is 0 Å². The molecule has 1 aromatic heterocycles. The van der Waals surface area contributed by atoms with Gasteiger partial charge < -0.3 is 5.11 Å². The van der Waals surface area contributed by atoms with E-state index in [1.165, 1.54) is 17.5 Å². The van der Waals surface area contributed by atoms with Crippen LogP contribution in [0.15, 0.2) is 36.5 Å². The van der Waals surface area contributed by atoms with E-state index in [2.05, 4.69) is 36.3 Å². The zero-order valence-corrected chi connectivity index (χ0v) is 11.7. The molecule has 104 valence electrons. The Kier molecular flexibility index (Phi) is 2.71. The minimum atomic E-state index is -0.376. The highest BCUT2D eigenvalue weighted by Gasteiger charge is 2.56. The smallest absolute Gasteiger partial charge is 0.0993 e. The Labute approximate surface area is 119 Å². The van der Waals surface area contributed by atoms with Gasteiger partial charge in [-0.15, -0.1) is 0 Å². The molecule has 0 amide bonds. The third kappa shape index (κ3) is 1.66. The summed E-state index contributed by atoms with van der Waals surface area (Å²) in [6, 6.07) is 10.7. The Balaban J connectivity index is 1.64. The molecule has 1 heterocycles. The lowest BCUT2D eigenvalue weighted by molar-refractivity contribution is 0.134. The number of hydrogen-bond donors (Lipinski definition) is 1. The Hall–Kier alpha value is -1.61. The van der Waals surface area contributed by atoms with E-state index in [0.29, 0.717) is 17.8 Å². The first-order valence-electron chi connectivity index (χ1n) is 7.59. The molecule has 0 radical (unpaired) electrons. The molecule has 4 unspecified atom stereocenters. The highest BCUT2D eigenvalue weighted by atomic mass is 16.3. The number of hydrogen-bond acceptors (Lipinski definition) is 2. The molecule has 20 heavy (non-hydrogen) atoms. The van der Waals surface area contributed by atoms with Crippen LogP contribution in [0.4, 0.5) is 0 Å². The molecular formula is C17H20N2O. The van der Waals surface area contributed by atoms with Crippen molar-refractivity contribution in [3.05, 3.63) is 53.3 Å². The van der Waals surface area contributed by atoms with Crippen molar-refractivity contribution in [3.8, 4) is 0 Å². The van der Waals surface area contributed by atoms with Crippen molar-refractivity contribution in [1.82, 2.24) is 9.78 Å². The molecule has 0 aliphatic heterocycles. The maximum absolute atomic E-state index is 10.8. The molecule has 1 fully saturated rings. The average molecular weight is 268 g/mol. The summed E-state index contributed by atoms with van der Waals surface area (Å²) in [6.45, 7) is 2.89. The lowest BCUT2D eigenvalue weighted by Gasteiger charge is -2.14. The molecule has 1 N–H and O–H groups in total. The second kappa shape index (κ2) is 4.45. The van der Waals surface area contributed by atoms with E-state index in [-0.39, 0.29) is 6.10 Å². The molecule has 1 saturated carbocycles. The van der Waals surface area contributed by atoms with Crippen LogP contribution in [0.2, 0.25) is 0 Å². The fourth-order valence-corrected chi connectivity index (χ4v) is 4.11. The number of aryl methyl sites for hydroxylation is 2. The van der Waals surface area contributed by atoms with Crippen LogP contribution in [-0.2, 0) is 13.0 Å². The second-order valence-electron chi connectivity index (χ2n) is 6.02. The SMILES string of the molecule is CCn1nccc1C(O)C1C2CCc3ccccc3C21. The van der Waals surface area contributed by atoms with Gasteiger partial charge >= 0.3 is 0 Å². The highest BCUT2D eigenvalue weighted by Crippen LogP contribution is 2.64. The molecular weight excluding hydrogens is 248 g/mol. The molecule has 3 nitrogen and oxygen atoms in total. The van der Waals surface area contributed by atoms with Gasteiger partial charge in [0.25, 0.3) is 0 Å². The van der Waals surface area contributed by atoms with Crippen molar-refractivity contribution in [2.75, 3.05) is 0 Å². The van der Waals surface area contributed by atoms with Crippen LogP contribution in [-0.4, -0.2) is 14.9 Å². The summed E-state index contributed by atoms with van der Waals surface area (Å²) in [5.74, 6) is 1.58. The Morgan fingerprint density at radius 1 is 1.35 bits per heavy atom. The first kappa shape index (κ1) is 12.2. The summed E-state index contributed by atoms with van der Waals surface area (Å²) < 4.78 is 1.92. The Morgan fingerprint density at radius 3 is 3.05 bits per heavy atom. The lowest BCUT2D eigenvalue weighted by atomic mass is 9.92. The summed E-state index contributed by atoms with van der Waals surface area (Å²) in [5, 5.41) is 15.0. The zero-order valence-electron chi connectivity index (χ0n) is 11.7. The van der Waals surface area contributed by atoms with Crippen LogP contribution in [0.1, 0.15) is 42.2 Å².